The van der Waals surface area contributed by atoms with Gasteiger partial charge in [0.2, 0.25) is 0 Å². The van der Waals surface area contributed by atoms with Gasteiger partial charge in [0.05, 0.1) is 12.2 Å². The molecule has 1 heterocycles. The zero-order valence-corrected chi connectivity index (χ0v) is 13.4. The summed E-state index contributed by atoms with van der Waals surface area (Å²) in [7, 11) is 0. The lowest BCUT2D eigenvalue weighted by Crippen LogP contribution is -2.15. The van der Waals surface area contributed by atoms with Crippen LogP contribution in [0.15, 0.2) is 24.3 Å². The lowest BCUT2D eigenvalue weighted by Gasteiger charge is -2.15. The van der Waals surface area contributed by atoms with Gasteiger partial charge in [-0.1, -0.05) is 36.8 Å². The van der Waals surface area contributed by atoms with Crippen molar-refractivity contribution < 1.29 is 4.74 Å². The minimum absolute atomic E-state index is 0.309. The van der Waals surface area contributed by atoms with Gasteiger partial charge in [-0.25, -0.2) is 4.68 Å². The van der Waals surface area contributed by atoms with Crippen molar-refractivity contribution in [2.24, 2.45) is 0 Å². The van der Waals surface area contributed by atoms with Crippen molar-refractivity contribution in [2.45, 2.75) is 46.1 Å². The fourth-order valence-electron chi connectivity index (χ4n) is 2.53. The predicted molar refractivity (Wildman–Crippen MR) is 84.7 cm³/mol. The molecule has 0 atom stereocenters. The molecule has 1 aromatic heterocycles. The molecule has 5 heteroatoms. The van der Waals surface area contributed by atoms with E-state index in [2.05, 4.69) is 30.2 Å². The Bertz CT molecular complexity index is 636. The van der Waals surface area contributed by atoms with Crippen LogP contribution in [0, 0.1) is 18.3 Å². The third-order valence-corrected chi connectivity index (χ3v) is 3.84. The Labute approximate surface area is 131 Å². The molecule has 0 N–H and O–H groups in total. The van der Waals surface area contributed by atoms with Crippen LogP contribution in [0.5, 0.6) is 5.75 Å². The molecule has 1 aromatic carbocycles. The second-order valence-corrected chi connectivity index (χ2v) is 5.33. The summed E-state index contributed by atoms with van der Waals surface area (Å²) in [5.41, 5.74) is 2.57. The molecule has 0 aliphatic heterocycles. The van der Waals surface area contributed by atoms with Crippen LogP contribution in [0.3, 0.4) is 0 Å². The van der Waals surface area contributed by atoms with Crippen LogP contribution >= 0.6 is 0 Å². The Morgan fingerprint density at radius 1 is 1.23 bits per heavy atom. The summed E-state index contributed by atoms with van der Waals surface area (Å²) < 4.78 is 7.55. The number of hydrogen-bond donors (Lipinski definition) is 0. The number of hydrogen-bond acceptors (Lipinski definition) is 4. The fourth-order valence-corrected chi connectivity index (χ4v) is 2.53. The highest BCUT2D eigenvalue weighted by Crippen LogP contribution is 2.24. The molecule has 0 amide bonds. The summed E-state index contributed by atoms with van der Waals surface area (Å²) in [5, 5.41) is 17.3. The average molecular weight is 298 g/mol. The van der Waals surface area contributed by atoms with E-state index in [1.54, 1.807) is 0 Å². The zero-order valence-electron chi connectivity index (χ0n) is 13.4. The predicted octanol–water partition coefficient (Wildman–Crippen LogP) is 3.44. The van der Waals surface area contributed by atoms with E-state index in [0.29, 0.717) is 24.8 Å². The van der Waals surface area contributed by atoms with Gasteiger partial charge in [0.1, 0.15) is 18.4 Å². The Balaban J connectivity index is 2.05. The second kappa shape index (κ2) is 7.60. The molecular weight excluding hydrogens is 276 g/mol. The van der Waals surface area contributed by atoms with Crippen molar-refractivity contribution in [3.8, 4) is 11.8 Å². The molecule has 2 aromatic rings. The lowest BCUT2D eigenvalue weighted by atomic mass is 9.98. The quantitative estimate of drug-likeness (QED) is 0.785. The van der Waals surface area contributed by atoms with E-state index in [1.807, 2.05) is 35.9 Å². The van der Waals surface area contributed by atoms with E-state index in [4.69, 9.17) is 4.74 Å². The highest BCUT2D eigenvalue weighted by atomic mass is 16.5. The first-order valence-corrected chi connectivity index (χ1v) is 7.72. The first-order chi connectivity index (χ1) is 10.7. The maximum Gasteiger partial charge on any atom is 0.186 e. The van der Waals surface area contributed by atoms with Gasteiger partial charge in [-0.3, -0.25) is 0 Å². The monoisotopic (exact) mass is 298 g/mol. The van der Waals surface area contributed by atoms with Crippen molar-refractivity contribution in [2.75, 3.05) is 6.61 Å². The normalized spacial score (nSPS) is 10.7. The van der Waals surface area contributed by atoms with Gasteiger partial charge in [-0.05, 0) is 31.9 Å². The molecule has 22 heavy (non-hydrogen) atoms. The minimum atomic E-state index is 0.309. The summed E-state index contributed by atoms with van der Waals surface area (Å²) in [6, 6.07) is 10.1. The Morgan fingerprint density at radius 3 is 2.50 bits per heavy atom. The number of benzene rings is 1. The molecule has 0 radical (unpaired) electrons. The van der Waals surface area contributed by atoms with Gasteiger partial charge < -0.3 is 4.74 Å². The molecule has 116 valence electrons. The SMILES string of the molecule is CCC(CC)c1c(C#N)nnn1CCOc1ccc(C)cc1. The molecule has 0 saturated heterocycles. The number of rotatable bonds is 7. The number of aromatic nitrogens is 3. The number of aryl methyl sites for hydroxylation is 1. The highest BCUT2D eigenvalue weighted by Gasteiger charge is 2.19. The van der Waals surface area contributed by atoms with E-state index in [9.17, 15) is 5.26 Å². The Morgan fingerprint density at radius 2 is 1.91 bits per heavy atom. The van der Waals surface area contributed by atoms with Crippen LogP contribution in [0.2, 0.25) is 0 Å². The van der Waals surface area contributed by atoms with E-state index in [0.717, 1.165) is 24.3 Å². The van der Waals surface area contributed by atoms with Gasteiger partial charge >= 0.3 is 0 Å². The Kier molecular flexibility index (Phi) is 5.54. The second-order valence-electron chi connectivity index (χ2n) is 5.33. The van der Waals surface area contributed by atoms with Crippen LogP contribution in [0.25, 0.3) is 0 Å². The van der Waals surface area contributed by atoms with Crippen molar-refractivity contribution in [1.82, 2.24) is 15.0 Å². The van der Waals surface area contributed by atoms with E-state index in [1.165, 1.54) is 5.56 Å². The van der Waals surface area contributed by atoms with Crippen LogP contribution in [0.4, 0.5) is 0 Å². The Hall–Kier alpha value is -2.35. The van der Waals surface area contributed by atoms with Crippen molar-refractivity contribution in [1.29, 1.82) is 5.26 Å². The molecule has 0 unspecified atom stereocenters. The molecule has 5 nitrogen and oxygen atoms in total. The van der Waals surface area contributed by atoms with Gasteiger partial charge in [0, 0.05) is 5.92 Å². The third-order valence-electron chi connectivity index (χ3n) is 3.84. The molecule has 2 rings (SSSR count). The third kappa shape index (κ3) is 3.64. The minimum Gasteiger partial charge on any atom is -0.492 e. The largest absolute Gasteiger partial charge is 0.492 e. The van der Waals surface area contributed by atoms with E-state index < -0.39 is 0 Å². The number of ether oxygens (including phenoxy) is 1. The van der Waals surface area contributed by atoms with E-state index >= 15 is 0 Å². The molecular formula is C17H22N4O. The van der Waals surface area contributed by atoms with Gasteiger partial charge in [-0.15, -0.1) is 5.10 Å². The molecule has 0 bridgehead atoms. The molecule has 0 aliphatic rings. The smallest absolute Gasteiger partial charge is 0.186 e. The summed E-state index contributed by atoms with van der Waals surface area (Å²) in [6.45, 7) is 7.38. The summed E-state index contributed by atoms with van der Waals surface area (Å²) in [5.74, 6) is 1.15. The highest BCUT2D eigenvalue weighted by molar-refractivity contribution is 5.28. The average Bonchev–Trinajstić information content (AvgIpc) is 2.94. The van der Waals surface area contributed by atoms with Crippen LogP contribution < -0.4 is 4.74 Å². The summed E-state index contributed by atoms with van der Waals surface area (Å²) >= 11 is 0. The molecule has 0 saturated carbocycles. The molecule has 0 aliphatic carbocycles. The van der Waals surface area contributed by atoms with E-state index in [-0.39, 0.29) is 0 Å². The fraction of sp³-hybridized carbons (Fsp3) is 0.471. The number of nitrogens with zero attached hydrogens (tertiary/aromatic N) is 4. The lowest BCUT2D eigenvalue weighted by molar-refractivity contribution is 0.285. The molecule has 0 fully saturated rings. The first-order valence-electron chi connectivity index (χ1n) is 7.72. The first kappa shape index (κ1) is 16.0. The maximum atomic E-state index is 9.20. The van der Waals surface area contributed by atoms with Gasteiger partial charge in [0.15, 0.2) is 5.69 Å². The van der Waals surface area contributed by atoms with Crippen LogP contribution in [-0.2, 0) is 6.54 Å². The maximum absolute atomic E-state index is 9.20. The van der Waals surface area contributed by atoms with Crippen molar-refractivity contribution in [3.05, 3.63) is 41.2 Å². The van der Waals surface area contributed by atoms with Gasteiger partial charge in [0.25, 0.3) is 0 Å². The summed E-state index contributed by atoms with van der Waals surface area (Å²) in [4.78, 5) is 0. The number of nitriles is 1. The summed E-state index contributed by atoms with van der Waals surface area (Å²) in [6.07, 6.45) is 1.94. The standard InChI is InChI=1S/C17H22N4O/c1-4-14(5-2)17-16(12-18)19-20-21(17)10-11-22-15-8-6-13(3)7-9-15/h6-9,14H,4-5,10-11H2,1-3H3. The van der Waals surface area contributed by atoms with Crippen molar-refractivity contribution in [3.63, 3.8) is 0 Å². The topological polar surface area (TPSA) is 63.7 Å². The van der Waals surface area contributed by atoms with Gasteiger partial charge in [-0.2, -0.15) is 5.26 Å². The van der Waals surface area contributed by atoms with Crippen LogP contribution in [0.1, 0.15) is 49.6 Å². The van der Waals surface area contributed by atoms with Crippen LogP contribution in [-0.4, -0.2) is 21.6 Å². The zero-order chi connectivity index (χ0) is 15.9. The van der Waals surface area contributed by atoms with Crippen molar-refractivity contribution >= 4 is 0 Å². The molecule has 0 spiro atoms.